The fourth-order valence-corrected chi connectivity index (χ4v) is 10.2. The number of carbonyl (C=O) groups excluding carboxylic acids is 2. The number of allylic oxidation sites excluding steroid dienone is 16. The van der Waals surface area contributed by atoms with Crippen LogP contribution in [0.25, 0.3) is 0 Å². The van der Waals surface area contributed by atoms with Crippen LogP contribution in [0.3, 0.4) is 0 Å². The molecule has 0 bridgehead atoms. The van der Waals surface area contributed by atoms with Crippen LogP contribution < -0.4 is 0 Å². The minimum atomic E-state index is -0.776. The lowest BCUT2D eigenvalue weighted by Crippen LogP contribution is -2.28. The molecule has 0 rings (SSSR count). The summed E-state index contributed by atoms with van der Waals surface area (Å²) in [7, 11) is 0. The Bertz CT molecular complexity index is 1500. The Morgan fingerprint density at radius 1 is 0.300 bits per heavy atom. The third-order valence-corrected chi connectivity index (χ3v) is 15.4. The van der Waals surface area contributed by atoms with Crippen LogP contribution in [-0.2, 0) is 19.1 Å². The molecule has 0 radical (unpaired) electrons. The van der Waals surface area contributed by atoms with E-state index < -0.39 is 6.10 Å². The number of ether oxygens (including phenoxy) is 2. The highest BCUT2D eigenvalue weighted by atomic mass is 16.6. The van der Waals surface area contributed by atoms with Crippen molar-refractivity contribution in [1.82, 2.24) is 0 Å². The highest BCUT2D eigenvalue weighted by Gasteiger charge is 2.16. The normalized spacial score (nSPS) is 12.8. The van der Waals surface area contributed by atoms with Gasteiger partial charge in [-0.25, -0.2) is 0 Å². The average molecular weight is 1110 g/mol. The second-order valence-electron chi connectivity index (χ2n) is 23.2. The van der Waals surface area contributed by atoms with Crippen molar-refractivity contribution < 1.29 is 24.2 Å². The SMILES string of the molecule is CC/C=C\C/C=C\C/C=C\C/C=C\C/C=C\C/C=C\CCCCCCCCCCCCCCCCCCC(=O)OC(CO)COC(=O)CCCCCCCCCCCCCCCCCCCCC/C=C\C/C=C\CCCCCCC. The number of aliphatic hydroxyl groups excluding tert-OH is 1. The summed E-state index contributed by atoms with van der Waals surface area (Å²) in [5, 5.41) is 9.70. The van der Waals surface area contributed by atoms with Crippen molar-refractivity contribution in [2.24, 2.45) is 0 Å². The Morgan fingerprint density at radius 2 is 0.537 bits per heavy atom. The highest BCUT2D eigenvalue weighted by molar-refractivity contribution is 5.70. The Balaban J connectivity index is 3.44. The molecular weight excluding hydrogens is 981 g/mol. The van der Waals surface area contributed by atoms with Crippen LogP contribution in [0.2, 0.25) is 0 Å². The van der Waals surface area contributed by atoms with Crippen molar-refractivity contribution >= 4 is 11.9 Å². The third-order valence-electron chi connectivity index (χ3n) is 15.4. The van der Waals surface area contributed by atoms with Crippen molar-refractivity contribution in [2.45, 2.75) is 354 Å². The van der Waals surface area contributed by atoms with Gasteiger partial charge in [-0.2, -0.15) is 0 Å². The summed E-state index contributed by atoms with van der Waals surface area (Å²) < 4.78 is 10.8. The summed E-state index contributed by atoms with van der Waals surface area (Å²) in [5.41, 5.74) is 0. The molecule has 0 aliphatic rings. The monoisotopic (exact) mass is 1110 g/mol. The number of carbonyl (C=O) groups is 2. The van der Waals surface area contributed by atoms with Gasteiger partial charge in [-0.3, -0.25) is 9.59 Å². The zero-order valence-corrected chi connectivity index (χ0v) is 53.1. The molecule has 0 amide bonds. The lowest BCUT2D eigenvalue weighted by Gasteiger charge is -2.15. The smallest absolute Gasteiger partial charge is 0.306 e. The van der Waals surface area contributed by atoms with Crippen LogP contribution in [-0.4, -0.2) is 36.4 Å². The predicted molar refractivity (Wildman–Crippen MR) is 352 cm³/mol. The van der Waals surface area contributed by atoms with Crippen LogP contribution in [0, 0.1) is 0 Å². The van der Waals surface area contributed by atoms with Gasteiger partial charge in [0.25, 0.3) is 0 Å². The predicted octanol–water partition coefficient (Wildman–Crippen LogP) is 24.2. The molecule has 80 heavy (non-hydrogen) atoms. The van der Waals surface area contributed by atoms with E-state index >= 15 is 0 Å². The molecule has 0 aliphatic carbocycles. The lowest BCUT2D eigenvalue weighted by atomic mass is 10.0. The molecule has 0 saturated heterocycles. The van der Waals surface area contributed by atoms with Crippen molar-refractivity contribution in [3.05, 3.63) is 97.2 Å². The molecule has 0 spiro atoms. The second kappa shape index (κ2) is 70.1. The maximum Gasteiger partial charge on any atom is 0.306 e. The van der Waals surface area contributed by atoms with E-state index in [2.05, 4.69) is 111 Å². The first-order valence-corrected chi connectivity index (χ1v) is 34.8. The van der Waals surface area contributed by atoms with E-state index in [1.54, 1.807) is 0 Å². The number of hydrogen-bond acceptors (Lipinski definition) is 5. The molecule has 1 N–H and O–H groups in total. The van der Waals surface area contributed by atoms with Crippen molar-refractivity contribution in [3.8, 4) is 0 Å². The van der Waals surface area contributed by atoms with E-state index in [9.17, 15) is 14.7 Å². The fraction of sp³-hybridized carbons (Fsp3) is 0.760. The Kier molecular flexibility index (Phi) is 67.3. The van der Waals surface area contributed by atoms with Gasteiger partial charge < -0.3 is 14.6 Å². The molecule has 1 unspecified atom stereocenters. The quantitative estimate of drug-likeness (QED) is 0.0373. The number of aliphatic hydroxyl groups is 1. The fourth-order valence-electron chi connectivity index (χ4n) is 10.2. The van der Waals surface area contributed by atoms with Gasteiger partial charge in [0.2, 0.25) is 0 Å². The summed E-state index contributed by atoms with van der Waals surface area (Å²) in [5.74, 6) is -0.577. The molecule has 0 aliphatic heterocycles. The minimum absolute atomic E-state index is 0.0648. The number of hydrogen-bond donors (Lipinski definition) is 1. The van der Waals surface area contributed by atoms with E-state index in [0.29, 0.717) is 12.8 Å². The first kappa shape index (κ1) is 76.8. The van der Waals surface area contributed by atoms with Gasteiger partial charge in [0.1, 0.15) is 6.61 Å². The average Bonchev–Trinajstić information content (AvgIpc) is 3.46. The van der Waals surface area contributed by atoms with Crippen LogP contribution in [0.5, 0.6) is 0 Å². The van der Waals surface area contributed by atoms with Crippen molar-refractivity contribution in [3.63, 3.8) is 0 Å². The molecule has 0 fully saturated rings. The molecule has 0 aromatic carbocycles. The maximum atomic E-state index is 12.4. The van der Waals surface area contributed by atoms with Gasteiger partial charge >= 0.3 is 11.9 Å². The Morgan fingerprint density at radius 3 is 0.812 bits per heavy atom. The first-order chi connectivity index (χ1) is 39.6. The molecule has 5 heteroatoms. The van der Waals surface area contributed by atoms with Crippen molar-refractivity contribution in [2.75, 3.05) is 13.2 Å². The van der Waals surface area contributed by atoms with Crippen LogP contribution in [0.4, 0.5) is 0 Å². The standard InChI is InChI=1S/C75H132O5/c1-3-5-7-9-11-13-15-17-19-21-23-25-27-29-31-33-35-36-37-38-40-42-44-46-48-50-52-54-56-58-60-62-64-66-68-70-75(78)80-73(71-76)72-79-74(77)69-67-65-63-61-59-57-55-53-51-49-47-45-43-41-39-34-32-30-28-26-24-22-20-18-16-14-12-10-8-6-4-2/h5,7,11,13,16-19,22-25,29,31,35-36,73,76H,3-4,6,8-10,12,14-15,20-21,26-28,30,32-34,37-72H2,1-2H3/b7-5-,13-11-,18-16-,19-17-,24-22-,25-23-,31-29-,36-35-. The third kappa shape index (κ3) is 67.3. The maximum absolute atomic E-state index is 12.4. The summed E-state index contributed by atoms with van der Waals surface area (Å²) in [6, 6.07) is 0. The van der Waals surface area contributed by atoms with E-state index in [0.717, 1.165) is 83.5 Å². The summed E-state index contributed by atoms with van der Waals surface area (Å²) >= 11 is 0. The Labute approximate surface area is 498 Å². The minimum Gasteiger partial charge on any atom is -0.462 e. The molecule has 5 nitrogen and oxygen atoms in total. The largest absolute Gasteiger partial charge is 0.462 e. The van der Waals surface area contributed by atoms with Crippen LogP contribution in [0.1, 0.15) is 348 Å². The molecule has 462 valence electrons. The van der Waals surface area contributed by atoms with Gasteiger partial charge in [-0.15, -0.1) is 0 Å². The van der Waals surface area contributed by atoms with E-state index in [1.807, 2.05) is 0 Å². The van der Waals surface area contributed by atoms with Crippen molar-refractivity contribution in [1.29, 1.82) is 0 Å². The van der Waals surface area contributed by atoms with Gasteiger partial charge in [-0.1, -0.05) is 336 Å². The zero-order chi connectivity index (χ0) is 57.6. The molecule has 1 atom stereocenters. The molecule has 0 aromatic heterocycles. The second-order valence-corrected chi connectivity index (χ2v) is 23.2. The van der Waals surface area contributed by atoms with Crippen LogP contribution >= 0.6 is 0 Å². The molecule has 0 saturated carbocycles. The highest BCUT2D eigenvalue weighted by Crippen LogP contribution is 2.18. The molecular formula is C75H132O5. The van der Waals surface area contributed by atoms with E-state index in [4.69, 9.17) is 9.47 Å². The van der Waals surface area contributed by atoms with E-state index in [-0.39, 0.29) is 25.2 Å². The van der Waals surface area contributed by atoms with Gasteiger partial charge in [-0.05, 0) is 96.3 Å². The van der Waals surface area contributed by atoms with Gasteiger partial charge in [0, 0.05) is 12.8 Å². The Hall–Kier alpha value is -3.18. The molecule has 0 heterocycles. The number of unbranched alkanes of at least 4 members (excludes halogenated alkanes) is 40. The molecule has 0 aromatic rings. The number of rotatable bonds is 64. The van der Waals surface area contributed by atoms with E-state index in [1.165, 1.54) is 238 Å². The topological polar surface area (TPSA) is 72.8 Å². The lowest BCUT2D eigenvalue weighted by molar-refractivity contribution is -0.161. The van der Waals surface area contributed by atoms with Crippen LogP contribution in [0.15, 0.2) is 97.2 Å². The van der Waals surface area contributed by atoms with Gasteiger partial charge in [0.05, 0.1) is 6.61 Å². The summed E-state index contributed by atoms with van der Waals surface area (Å²) in [6.45, 7) is 4.05. The number of esters is 2. The summed E-state index contributed by atoms with van der Waals surface area (Å²) in [4.78, 5) is 24.7. The summed E-state index contributed by atoms with van der Waals surface area (Å²) in [6.07, 6.45) is 100. The first-order valence-electron chi connectivity index (χ1n) is 34.8. The van der Waals surface area contributed by atoms with Gasteiger partial charge in [0.15, 0.2) is 6.10 Å². The zero-order valence-electron chi connectivity index (χ0n) is 53.1.